The summed E-state index contributed by atoms with van der Waals surface area (Å²) < 4.78 is 0. The largest absolute Gasteiger partial charge is 0.481 e. The van der Waals surface area contributed by atoms with E-state index in [9.17, 15) is 9.59 Å². The van der Waals surface area contributed by atoms with Gasteiger partial charge < -0.3 is 10.0 Å². The van der Waals surface area contributed by atoms with Crippen LogP contribution >= 0.6 is 11.3 Å². The molecule has 4 nitrogen and oxygen atoms in total. The molecule has 1 atom stereocenters. The molecule has 0 saturated heterocycles. The standard InChI is InChI=1S/C11H15NO3S/c1-8(11(14)15)10(13)12(2)6-5-9-4-3-7-16-9/h3-4,7-8H,5-6H2,1-2H3,(H,14,15). The van der Waals surface area contributed by atoms with Crippen LogP contribution in [0.2, 0.25) is 0 Å². The van der Waals surface area contributed by atoms with Crippen molar-refractivity contribution in [3.05, 3.63) is 22.4 Å². The minimum atomic E-state index is -1.08. The predicted molar refractivity (Wildman–Crippen MR) is 62.5 cm³/mol. The summed E-state index contributed by atoms with van der Waals surface area (Å²) in [5, 5.41) is 10.7. The van der Waals surface area contributed by atoms with Crippen molar-refractivity contribution >= 4 is 23.2 Å². The van der Waals surface area contributed by atoms with Crippen molar-refractivity contribution in [1.82, 2.24) is 4.90 Å². The van der Waals surface area contributed by atoms with Crippen molar-refractivity contribution in [3.8, 4) is 0 Å². The van der Waals surface area contributed by atoms with Crippen molar-refractivity contribution in [2.45, 2.75) is 13.3 Å². The van der Waals surface area contributed by atoms with Crippen LogP contribution in [-0.2, 0) is 16.0 Å². The van der Waals surface area contributed by atoms with E-state index in [2.05, 4.69) is 0 Å². The molecule has 0 spiro atoms. The number of aliphatic carboxylic acids is 1. The first-order chi connectivity index (χ1) is 7.52. The molecule has 5 heteroatoms. The highest BCUT2D eigenvalue weighted by molar-refractivity contribution is 7.09. The molecular weight excluding hydrogens is 226 g/mol. The second-order valence-electron chi connectivity index (χ2n) is 3.65. The second-order valence-corrected chi connectivity index (χ2v) is 4.68. The SMILES string of the molecule is CC(C(=O)O)C(=O)N(C)CCc1cccs1. The van der Waals surface area contributed by atoms with Crippen LogP contribution in [0.1, 0.15) is 11.8 Å². The lowest BCUT2D eigenvalue weighted by atomic mass is 10.1. The Kier molecular flexibility index (Phi) is 4.49. The van der Waals surface area contributed by atoms with Crippen LogP contribution < -0.4 is 0 Å². The van der Waals surface area contributed by atoms with Crippen LogP contribution in [0.4, 0.5) is 0 Å². The summed E-state index contributed by atoms with van der Waals surface area (Å²) in [6.45, 7) is 1.96. The zero-order valence-corrected chi connectivity index (χ0v) is 10.2. The second kappa shape index (κ2) is 5.65. The average molecular weight is 241 g/mol. The quantitative estimate of drug-likeness (QED) is 0.794. The fourth-order valence-corrected chi connectivity index (χ4v) is 1.98. The highest BCUT2D eigenvalue weighted by Gasteiger charge is 2.23. The van der Waals surface area contributed by atoms with E-state index in [1.54, 1.807) is 18.4 Å². The number of thiophene rings is 1. The Bertz CT molecular complexity index is 361. The van der Waals surface area contributed by atoms with Gasteiger partial charge in [-0.15, -0.1) is 11.3 Å². The first-order valence-corrected chi connectivity index (χ1v) is 5.90. The summed E-state index contributed by atoms with van der Waals surface area (Å²) in [6.07, 6.45) is 0.770. The molecule has 0 bridgehead atoms. The summed E-state index contributed by atoms with van der Waals surface area (Å²) in [4.78, 5) is 24.9. The zero-order chi connectivity index (χ0) is 12.1. The van der Waals surface area contributed by atoms with Crippen LogP contribution in [0.25, 0.3) is 0 Å². The van der Waals surface area contributed by atoms with Gasteiger partial charge >= 0.3 is 5.97 Å². The van der Waals surface area contributed by atoms with Gasteiger partial charge in [-0.05, 0) is 24.8 Å². The molecule has 16 heavy (non-hydrogen) atoms. The van der Waals surface area contributed by atoms with Crippen molar-refractivity contribution in [3.63, 3.8) is 0 Å². The van der Waals surface area contributed by atoms with E-state index < -0.39 is 11.9 Å². The van der Waals surface area contributed by atoms with Gasteiger partial charge in [-0.3, -0.25) is 9.59 Å². The number of carbonyl (C=O) groups excluding carboxylic acids is 1. The molecule has 1 heterocycles. The van der Waals surface area contributed by atoms with Gasteiger partial charge in [-0.1, -0.05) is 6.07 Å². The Morgan fingerprint density at radius 3 is 2.75 bits per heavy atom. The molecule has 0 saturated carbocycles. The first-order valence-electron chi connectivity index (χ1n) is 5.02. The minimum Gasteiger partial charge on any atom is -0.481 e. The van der Waals surface area contributed by atoms with Gasteiger partial charge in [0, 0.05) is 18.5 Å². The Hall–Kier alpha value is -1.36. The normalized spacial score (nSPS) is 12.1. The van der Waals surface area contributed by atoms with Crippen LogP contribution in [0, 0.1) is 5.92 Å². The number of hydrogen-bond acceptors (Lipinski definition) is 3. The van der Waals surface area contributed by atoms with Crippen LogP contribution in [0.5, 0.6) is 0 Å². The van der Waals surface area contributed by atoms with Crippen molar-refractivity contribution in [2.75, 3.05) is 13.6 Å². The van der Waals surface area contributed by atoms with Gasteiger partial charge in [0.2, 0.25) is 5.91 Å². The molecule has 0 fully saturated rings. The molecule has 0 aliphatic rings. The van der Waals surface area contributed by atoms with Gasteiger partial charge in [-0.25, -0.2) is 0 Å². The molecule has 1 rings (SSSR count). The Morgan fingerprint density at radius 2 is 2.25 bits per heavy atom. The third-order valence-electron chi connectivity index (χ3n) is 2.39. The predicted octanol–water partition coefficient (Wildman–Crippen LogP) is 1.47. The van der Waals surface area contributed by atoms with Gasteiger partial charge in [0.05, 0.1) is 0 Å². The summed E-state index contributed by atoms with van der Waals surface area (Å²) in [7, 11) is 1.63. The number of hydrogen-bond donors (Lipinski definition) is 1. The monoisotopic (exact) mass is 241 g/mol. The number of carbonyl (C=O) groups is 2. The van der Waals surface area contributed by atoms with E-state index in [1.165, 1.54) is 16.7 Å². The highest BCUT2D eigenvalue weighted by atomic mass is 32.1. The molecule has 0 aliphatic heterocycles. The van der Waals surface area contributed by atoms with Crippen molar-refractivity contribution < 1.29 is 14.7 Å². The number of likely N-dealkylation sites (N-methyl/N-ethyl adjacent to an activating group) is 1. The number of carboxylic acid groups (broad SMARTS) is 1. The van der Waals surface area contributed by atoms with Crippen molar-refractivity contribution in [1.29, 1.82) is 0 Å². The van der Waals surface area contributed by atoms with Gasteiger partial charge in [0.1, 0.15) is 5.92 Å². The van der Waals surface area contributed by atoms with Crippen LogP contribution in [-0.4, -0.2) is 35.5 Å². The topological polar surface area (TPSA) is 57.6 Å². The molecule has 1 aromatic rings. The maximum absolute atomic E-state index is 11.6. The maximum Gasteiger partial charge on any atom is 0.315 e. The molecule has 0 aromatic carbocycles. The fraction of sp³-hybridized carbons (Fsp3) is 0.455. The molecule has 1 N–H and O–H groups in total. The average Bonchev–Trinajstić information content (AvgIpc) is 2.76. The first kappa shape index (κ1) is 12.7. The summed E-state index contributed by atoms with van der Waals surface area (Å²) in [5.41, 5.74) is 0. The van der Waals surface area contributed by atoms with E-state index in [0.717, 1.165) is 6.42 Å². The smallest absolute Gasteiger partial charge is 0.315 e. The summed E-state index contributed by atoms with van der Waals surface area (Å²) in [5.74, 6) is -2.38. The van der Waals surface area contributed by atoms with E-state index >= 15 is 0 Å². The molecular formula is C11H15NO3S. The maximum atomic E-state index is 11.6. The molecule has 0 radical (unpaired) electrons. The minimum absolute atomic E-state index is 0.343. The van der Waals surface area contributed by atoms with Crippen molar-refractivity contribution in [2.24, 2.45) is 5.92 Å². The lowest BCUT2D eigenvalue weighted by molar-refractivity contribution is -0.149. The van der Waals surface area contributed by atoms with Gasteiger partial charge in [-0.2, -0.15) is 0 Å². The van der Waals surface area contributed by atoms with Crippen LogP contribution in [0.15, 0.2) is 17.5 Å². The number of carboxylic acids is 1. The Balaban J connectivity index is 2.43. The lowest BCUT2D eigenvalue weighted by Crippen LogP contribution is -2.36. The third-order valence-corrected chi connectivity index (χ3v) is 3.33. The number of nitrogens with zero attached hydrogens (tertiary/aromatic N) is 1. The number of rotatable bonds is 5. The zero-order valence-electron chi connectivity index (χ0n) is 9.34. The molecule has 1 unspecified atom stereocenters. The van der Waals surface area contributed by atoms with E-state index in [4.69, 9.17) is 5.11 Å². The van der Waals surface area contributed by atoms with Gasteiger partial charge in [0.15, 0.2) is 0 Å². The molecule has 88 valence electrons. The summed E-state index contributed by atoms with van der Waals surface area (Å²) >= 11 is 1.64. The molecule has 0 aliphatic carbocycles. The van der Waals surface area contributed by atoms with E-state index in [0.29, 0.717) is 6.54 Å². The van der Waals surface area contributed by atoms with Gasteiger partial charge in [0.25, 0.3) is 0 Å². The van der Waals surface area contributed by atoms with E-state index in [-0.39, 0.29) is 5.91 Å². The Morgan fingerprint density at radius 1 is 1.56 bits per heavy atom. The highest BCUT2D eigenvalue weighted by Crippen LogP contribution is 2.10. The lowest BCUT2D eigenvalue weighted by Gasteiger charge is -2.18. The number of amides is 1. The van der Waals surface area contributed by atoms with Crippen LogP contribution in [0.3, 0.4) is 0 Å². The molecule has 1 amide bonds. The molecule has 1 aromatic heterocycles. The van der Waals surface area contributed by atoms with E-state index in [1.807, 2.05) is 17.5 Å². The fourth-order valence-electron chi connectivity index (χ4n) is 1.28. The third kappa shape index (κ3) is 3.34. The Labute approximate surface area is 98.5 Å². The summed E-state index contributed by atoms with van der Waals surface area (Å²) in [6, 6.07) is 3.96.